The van der Waals surface area contributed by atoms with Crippen molar-refractivity contribution in [2.45, 2.75) is 51.2 Å². The number of carbonyl (C=O) groups excluding carboxylic acids is 1. The standard InChI is InChI=1S/C14H26N2O5/c1-11-8-16(9-12(10-17)21-11)14(20)15-7-5-3-2-4-6-13(18)19/h11-12,17H,2-10H2,1H3,(H,15,20)(H,18,19). The van der Waals surface area contributed by atoms with Crippen molar-refractivity contribution in [1.82, 2.24) is 10.2 Å². The maximum Gasteiger partial charge on any atom is 0.317 e. The van der Waals surface area contributed by atoms with Crippen molar-refractivity contribution in [3.8, 4) is 0 Å². The Balaban J connectivity index is 2.11. The molecular weight excluding hydrogens is 276 g/mol. The number of aliphatic hydroxyl groups is 1. The van der Waals surface area contributed by atoms with Gasteiger partial charge in [0.05, 0.1) is 25.4 Å². The highest BCUT2D eigenvalue weighted by Crippen LogP contribution is 2.11. The highest BCUT2D eigenvalue weighted by molar-refractivity contribution is 5.74. The third-order valence-electron chi connectivity index (χ3n) is 3.41. The van der Waals surface area contributed by atoms with E-state index in [0.29, 0.717) is 26.1 Å². The lowest BCUT2D eigenvalue weighted by atomic mass is 10.1. The zero-order chi connectivity index (χ0) is 15.7. The molecule has 0 aliphatic carbocycles. The van der Waals surface area contributed by atoms with Crippen LogP contribution in [0.5, 0.6) is 0 Å². The molecule has 21 heavy (non-hydrogen) atoms. The van der Waals surface area contributed by atoms with Gasteiger partial charge in [0.25, 0.3) is 0 Å². The molecule has 0 aromatic heterocycles. The average Bonchev–Trinajstić information content (AvgIpc) is 2.44. The second-order valence-corrected chi connectivity index (χ2v) is 5.45. The van der Waals surface area contributed by atoms with Gasteiger partial charge in [-0.1, -0.05) is 12.8 Å². The Labute approximate surface area is 125 Å². The number of aliphatic hydroxyl groups excluding tert-OH is 1. The zero-order valence-corrected chi connectivity index (χ0v) is 12.6. The second kappa shape index (κ2) is 9.57. The maximum absolute atomic E-state index is 12.0. The van der Waals surface area contributed by atoms with Gasteiger partial charge in [-0.05, 0) is 19.8 Å². The SMILES string of the molecule is CC1CN(C(=O)NCCCCCCC(=O)O)CC(CO)O1. The van der Waals surface area contributed by atoms with Crippen molar-refractivity contribution in [2.75, 3.05) is 26.2 Å². The number of urea groups is 1. The first-order chi connectivity index (χ1) is 10.0. The van der Waals surface area contributed by atoms with Crippen molar-refractivity contribution in [3.05, 3.63) is 0 Å². The number of rotatable bonds is 8. The maximum atomic E-state index is 12.0. The third kappa shape index (κ3) is 7.29. The van der Waals surface area contributed by atoms with Crippen LogP contribution in [0.25, 0.3) is 0 Å². The van der Waals surface area contributed by atoms with Crippen LogP contribution in [-0.2, 0) is 9.53 Å². The summed E-state index contributed by atoms with van der Waals surface area (Å²) in [4.78, 5) is 24.0. The molecule has 1 saturated heterocycles. The predicted octanol–water partition coefficient (Wildman–Crippen LogP) is 0.813. The fourth-order valence-corrected chi connectivity index (χ4v) is 2.37. The molecule has 1 aliphatic heterocycles. The summed E-state index contributed by atoms with van der Waals surface area (Å²) in [5.41, 5.74) is 0. The molecule has 2 amide bonds. The molecule has 0 saturated carbocycles. The molecule has 0 radical (unpaired) electrons. The fraction of sp³-hybridized carbons (Fsp3) is 0.857. The lowest BCUT2D eigenvalue weighted by molar-refractivity contribution is -0.137. The van der Waals surface area contributed by atoms with Gasteiger partial charge < -0.3 is 25.2 Å². The number of unbranched alkanes of at least 4 members (excludes halogenated alkanes) is 3. The summed E-state index contributed by atoms with van der Waals surface area (Å²) in [6.45, 7) is 3.32. The van der Waals surface area contributed by atoms with Crippen molar-refractivity contribution in [3.63, 3.8) is 0 Å². The topological polar surface area (TPSA) is 99.1 Å². The Bertz CT molecular complexity index is 337. The van der Waals surface area contributed by atoms with Gasteiger partial charge in [0, 0.05) is 19.5 Å². The number of amides is 2. The number of ether oxygens (including phenoxy) is 1. The van der Waals surface area contributed by atoms with Gasteiger partial charge in [0.1, 0.15) is 0 Å². The van der Waals surface area contributed by atoms with E-state index in [9.17, 15) is 9.59 Å². The molecule has 0 aromatic rings. The first-order valence-corrected chi connectivity index (χ1v) is 7.53. The molecule has 3 N–H and O–H groups in total. The van der Waals surface area contributed by atoms with Crippen LogP contribution in [0.1, 0.15) is 39.0 Å². The van der Waals surface area contributed by atoms with Gasteiger partial charge in [0.2, 0.25) is 0 Å². The van der Waals surface area contributed by atoms with Gasteiger partial charge in [-0.25, -0.2) is 4.79 Å². The number of carboxylic acid groups (broad SMARTS) is 1. The predicted molar refractivity (Wildman–Crippen MR) is 77.1 cm³/mol. The largest absolute Gasteiger partial charge is 0.481 e. The lowest BCUT2D eigenvalue weighted by Crippen LogP contribution is -2.53. The van der Waals surface area contributed by atoms with Gasteiger partial charge in [0.15, 0.2) is 0 Å². The minimum atomic E-state index is -0.761. The Kier molecular flexibility index (Phi) is 8.07. The molecule has 0 spiro atoms. The molecule has 1 fully saturated rings. The molecular formula is C14H26N2O5. The smallest absolute Gasteiger partial charge is 0.317 e. The van der Waals surface area contributed by atoms with Crippen molar-refractivity contribution < 1.29 is 24.5 Å². The minimum absolute atomic E-state index is 0.0716. The van der Waals surface area contributed by atoms with E-state index in [1.807, 2.05) is 6.92 Å². The number of hydrogen-bond donors (Lipinski definition) is 3. The van der Waals surface area contributed by atoms with Gasteiger partial charge in [-0.2, -0.15) is 0 Å². The van der Waals surface area contributed by atoms with Crippen LogP contribution in [0, 0.1) is 0 Å². The summed E-state index contributed by atoms with van der Waals surface area (Å²) in [6, 6.07) is -0.130. The number of nitrogens with one attached hydrogen (secondary N) is 1. The highest BCUT2D eigenvalue weighted by atomic mass is 16.5. The van der Waals surface area contributed by atoms with Crippen LogP contribution in [0.4, 0.5) is 4.79 Å². The molecule has 0 aromatic carbocycles. The highest BCUT2D eigenvalue weighted by Gasteiger charge is 2.27. The third-order valence-corrected chi connectivity index (χ3v) is 3.41. The quantitative estimate of drug-likeness (QED) is 0.576. The Morgan fingerprint density at radius 3 is 2.62 bits per heavy atom. The molecule has 2 unspecified atom stereocenters. The number of morpholine rings is 1. The van der Waals surface area contributed by atoms with Crippen LogP contribution in [0.3, 0.4) is 0 Å². The lowest BCUT2D eigenvalue weighted by Gasteiger charge is -2.36. The van der Waals surface area contributed by atoms with Crippen LogP contribution in [0.2, 0.25) is 0 Å². The average molecular weight is 302 g/mol. The Morgan fingerprint density at radius 1 is 1.24 bits per heavy atom. The summed E-state index contributed by atoms with van der Waals surface area (Å²) in [5.74, 6) is -0.761. The van der Waals surface area contributed by atoms with E-state index in [4.69, 9.17) is 14.9 Å². The van der Waals surface area contributed by atoms with E-state index >= 15 is 0 Å². The number of hydrogen-bond acceptors (Lipinski definition) is 4. The van der Waals surface area contributed by atoms with E-state index in [1.54, 1.807) is 4.90 Å². The van der Waals surface area contributed by atoms with E-state index in [0.717, 1.165) is 19.3 Å². The molecule has 7 nitrogen and oxygen atoms in total. The van der Waals surface area contributed by atoms with Crippen molar-refractivity contribution in [2.24, 2.45) is 0 Å². The molecule has 1 rings (SSSR count). The first-order valence-electron chi connectivity index (χ1n) is 7.53. The molecule has 1 aliphatic rings. The molecule has 7 heteroatoms. The van der Waals surface area contributed by atoms with Crippen LogP contribution in [-0.4, -0.2) is 65.6 Å². The summed E-state index contributed by atoms with van der Waals surface area (Å²) in [5, 5.41) is 20.5. The van der Waals surface area contributed by atoms with E-state index < -0.39 is 5.97 Å². The number of nitrogens with zero attached hydrogens (tertiary/aromatic N) is 1. The van der Waals surface area contributed by atoms with Gasteiger partial charge in [-0.15, -0.1) is 0 Å². The summed E-state index contributed by atoms with van der Waals surface area (Å²) >= 11 is 0. The van der Waals surface area contributed by atoms with Crippen LogP contribution < -0.4 is 5.32 Å². The van der Waals surface area contributed by atoms with E-state index in [-0.39, 0.29) is 31.3 Å². The van der Waals surface area contributed by atoms with Crippen molar-refractivity contribution in [1.29, 1.82) is 0 Å². The van der Waals surface area contributed by atoms with Crippen LogP contribution in [0.15, 0.2) is 0 Å². The van der Waals surface area contributed by atoms with Crippen molar-refractivity contribution >= 4 is 12.0 Å². The number of carbonyl (C=O) groups is 2. The fourth-order valence-electron chi connectivity index (χ4n) is 2.37. The normalized spacial score (nSPS) is 22.1. The monoisotopic (exact) mass is 302 g/mol. The van der Waals surface area contributed by atoms with Crippen LogP contribution >= 0.6 is 0 Å². The summed E-state index contributed by atoms with van der Waals surface area (Å²) < 4.78 is 5.49. The number of carboxylic acids is 1. The van der Waals surface area contributed by atoms with Gasteiger partial charge >= 0.3 is 12.0 Å². The zero-order valence-electron chi connectivity index (χ0n) is 12.6. The minimum Gasteiger partial charge on any atom is -0.481 e. The first kappa shape index (κ1) is 17.7. The molecule has 1 heterocycles. The Morgan fingerprint density at radius 2 is 1.95 bits per heavy atom. The second-order valence-electron chi connectivity index (χ2n) is 5.45. The van der Waals surface area contributed by atoms with Gasteiger partial charge in [-0.3, -0.25) is 4.79 Å². The van der Waals surface area contributed by atoms with E-state index in [1.165, 1.54) is 0 Å². The van der Waals surface area contributed by atoms with E-state index in [2.05, 4.69) is 5.32 Å². The molecule has 2 atom stereocenters. The molecule has 122 valence electrons. The molecule has 0 bridgehead atoms. The summed E-state index contributed by atoms with van der Waals surface area (Å²) in [7, 11) is 0. The Hall–Kier alpha value is -1.34. The summed E-state index contributed by atoms with van der Waals surface area (Å²) in [6.07, 6.45) is 3.13. The number of aliphatic carboxylic acids is 1.